The van der Waals surface area contributed by atoms with Gasteiger partial charge in [-0.3, -0.25) is 0 Å². The Balaban J connectivity index is 2.57. The van der Waals surface area contributed by atoms with Crippen LogP contribution in [0.15, 0.2) is 22.7 Å². The standard InChI is InChI=1S/C14H14BrNO2S/c1-7(2)11-12(14(17)18)19-13(16-11)9-5-4-8(3)6-10(9)15/h4-7H,1-3H3,(H,17,18). The molecule has 0 fully saturated rings. The molecule has 5 heteroatoms. The first-order valence-electron chi connectivity index (χ1n) is 5.90. The van der Waals surface area contributed by atoms with E-state index in [9.17, 15) is 9.90 Å². The predicted molar refractivity (Wildman–Crippen MR) is 81.0 cm³/mol. The third kappa shape index (κ3) is 2.87. The van der Waals surface area contributed by atoms with Crippen LogP contribution in [0.3, 0.4) is 0 Å². The first-order valence-corrected chi connectivity index (χ1v) is 7.51. The molecule has 0 unspecified atom stereocenters. The molecule has 1 heterocycles. The van der Waals surface area contributed by atoms with E-state index in [0.717, 1.165) is 20.6 Å². The summed E-state index contributed by atoms with van der Waals surface area (Å²) in [6, 6.07) is 5.97. The predicted octanol–water partition coefficient (Wildman–Crippen LogP) is 4.70. The minimum atomic E-state index is -0.907. The van der Waals surface area contributed by atoms with Gasteiger partial charge in [0.2, 0.25) is 0 Å². The fraction of sp³-hybridized carbons (Fsp3) is 0.286. The van der Waals surface area contributed by atoms with Crippen LogP contribution in [-0.4, -0.2) is 16.1 Å². The zero-order chi connectivity index (χ0) is 14.2. The summed E-state index contributed by atoms with van der Waals surface area (Å²) in [6.07, 6.45) is 0. The number of carboxylic acids is 1. The Kier molecular flexibility index (Phi) is 4.06. The fourth-order valence-electron chi connectivity index (χ4n) is 1.79. The molecule has 0 bridgehead atoms. The van der Waals surface area contributed by atoms with E-state index < -0.39 is 5.97 Å². The lowest BCUT2D eigenvalue weighted by atomic mass is 10.1. The third-order valence-corrected chi connectivity index (χ3v) is 4.50. The molecule has 100 valence electrons. The number of carbonyl (C=O) groups is 1. The summed E-state index contributed by atoms with van der Waals surface area (Å²) in [5.74, 6) is -0.809. The summed E-state index contributed by atoms with van der Waals surface area (Å²) in [5.41, 5.74) is 2.74. The van der Waals surface area contributed by atoms with Gasteiger partial charge in [-0.2, -0.15) is 0 Å². The summed E-state index contributed by atoms with van der Waals surface area (Å²) < 4.78 is 0.938. The van der Waals surface area contributed by atoms with Gasteiger partial charge in [0.1, 0.15) is 9.88 Å². The number of nitrogens with zero attached hydrogens (tertiary/aromatic N) is 1. The van der Waals surface area contributed by atoms with Crippen LogP contribution in [0.1, 0.15) is 40.7 Å². The van der Waals surface area contributed by atoms with Crippen molar-refractivity contribution in [2.75, 3.05) is 0 Å². The molecule has 1 aromatic heterocycles. The molecule has 2 rings (SSSR count). The zero-order valence-corrected chi connectivity index (χ0v) is 13.3. The molecule has 0 atom stereocenters. The maximum atomic E-state index is 11.3. The Labute approximate surface area is 124 Å². The minimum absolute atomic E-state index is 0.0975. The van der Waals surface area contributed by atoms with Gasteiger partial charge in [-0.25, -0.2) is 9.78 Å². The lowest BCUT2D eigenvalue weighted by molar-refractivity contribution is 0.0700. The number of hydrogen-bond donors (Lipinski definition) is 1. The topological polar surface area (TPSA) is 50.2 Å². The Morgan fingerprint density at radius 2 is 2.11 bits per heavy atom. The minimum Gasteiger partial charge on any atom is -0.477 e. The third-order valence-electron chi connectivity index (χ3n) is 2.75. The second kappa shape index (κ2) is 5.43. The van der Waals surface area contributed by atoms with Gasteiger partial charge in [0.15, 0.2) is 0 Å². The van der Waals surface area contributed by atoms with Crippen LogP contribution in [0.25, 0.3) is 10.6 Å². The number of aromatic nitrogens is 1. The SMILES string of the molecule is Cc1ccc(-c2nc(C(C)C)c(C(=O)O)s2)c(Br)c1. The Hall–Kier alpha value is -1.20. The first kappa shape index (κ1) is 14.2. The Morgan fingerprint density at radius 3 is 2.58 bits per heavy atom. The van der Waals surface area contributed by atoms with Gasteiger partial charge in [-0.15, -0.1) is 11.3 Å². The number of carboxylic acid groups (broad SMARTS) is 1. The molecule has 1 N–H and O–H groups in total. The Morgan fingerprint density at radius 1 is 1.42 bits per heavy atom. The van der Waals surface area contributed by atoms with E-state index in [2.05, 4.69) is 20.9 Å². The van der Waals surface area contributed by atoms with Crippen LogP contribution in [-0.2, 0) is 0 Å². The van der Waals surface area contributed by atoms with E-state index in [1.165, 1.54) is 11.3 Å². The van der Waals surface area contributed by atoms with Crippen molar-refractivity contribution in [1.82, 2.24) is 4.98 Å². The molecule has 0 saturated carbocycles. The molecule has 2 aromatic rings. The van der Waals surface area contributed by atoms with Crippen molar-refractivity contribution in [1.29, 1.82) is 0 Å². The molecule has 0 saturated heterocycles. The number of thiazole rings is 1. The van der Waals surface area contributed by atoms with Gasteiger partial charge in [-0.1, -0.05) is 41.9 Å². The van der Waals surface area contributed by atoms with Crippen molar-refractivity contribution in [2.45, 2.75) is 26.7 Å². The van der Waals surface area contributed by atoms with Crippen LogP contribution in [0, 0.1) is 6.92 Å². The van der Waals surface area contributed by atoms with E-state index >= 15 is 0 Å². The molecular weight excluding hydrogens is 326 g/mol. The molecule has 0 aliphatic heterocycles. The maximum absolute atomic E-state index is 11.3. The van der Waals surface area contributed by atoms with E-state index in [4.69, 9.17) is 0 Å². The number of aryl methyl sites for hydroxylation is 1. The molecular formula is C14H14BrNO2S. The van der Waals surface area contributed by atoms with E-state index in [1.54, 1.807) is 0 Å². The van der Waals surface area contributed by atoms with E-state index in [1.807, 2.05) is 39.0 Å². The fourth-order valence-corrected chi connectivity index (χ4v) is 3.70. The van der Waals surface area contributed by atoms with Crippen LogP contribution >= 0.6 is 27.3 Å². The smallest absolute Gasteiger partial charge is 0.347 e. The van der Waals surface area contributed by atoms with E-state index in [0.29, 0.717) is 10.6 Å². The summed E-state index contributed by atoms with van der Waals surface area (Å²) >= 11 is 4.74. The summed E-state index contributed by atoms with van der Waals surface area (Å²) in [5, 5.41) is 9.99. The average molecular weight is 340 g/mol. The van der Waals surface area contributed by atoms with Crippen LogP contribution < -0.4 is 0 Å². The van der Waals surface area contributed by atoms with Crippen molar-refractivity contribution >= 4 is 33.2 Å². The molecule has 0 aliphatic rings. The van der Waals surface area contributed by atoms with Crippen molar-refractivity contribution in [3.05, 3.63) is 38.8 Å². The number of halogens is 1. The number of aromatic carboxylic acids is 1. The second-order valence-corrected chi connectivity index (χ2v) is 6.53. The van der Waals surface area contributed by atoms with E-state index in [-0.39, 0.29) is 5.92 Å². The highest BCUT2D eigenvalue weighted by molar-refractivity contribution is 9.10. The van der Waals surface area contributed by atoms with Gasteiger partial charge >= 0.3 is 5.97 Å². The van der Waals surface area contributed by atoms with Gasteiger partial charge in [0.05, 0.1) is 5.69 Å². The maximum Gasteiger partial charge on any atom is 0.347 e. The highest BCUT2D eigenvalue weighted by Gasteiger charge is 2.21. The quantitative estimate of drug-likeness (QED) is 0.881. The molecule has 3 nitrogen and oxygen atoms in total. The van der Waals surface area contributed by atoms with Gasteiger partial charge < -0.3 is 5.11 Å². The molecule has 19 heavy (non-hydrogen) atoms. The summed E-state index contributed by atoms with van der Waals surface area (Å²) in [7, 11) is 0. The van der Waals surface area contributed by atoms with Crippen molar-refractivity contribution < 1.29 is 9.90 Å². The van der Waals surface area contributed by atoms with Crippen LogP contribution in [0.5, 0.6) is 0 Å². The lowest BCUT2D eigenvalue weighted by Crippen LogP contribution is -2.00. The molecule has 0 aliphatic carbocycles. The molecule has 0 radical (unpaired) electrons. The van der Waals surface area contributed by atoms with Crippen LogP contribution in [0.2, 0.25) is 0 Å². The highest BCUT2D eigenvalue weighted by atomic mass is 79.9. The first-order chi connectivity index (χ1) is 8.90. The number of rotatable bonds is 3. The second-order valence-electron chi connectivity index (χ2n) is 4.68. The normalized spacial score (nSPS) is 11.0. The number of hydrogen-bond acceptors (Lipinski definition) is 3. The number of benzene rings is 1. The average Bonchev–Trinajstić information content (AvgIpc) is 2.73. The van der Waals surface area contributed by atoms with Gasteiger partial charge in [0, 0.05) is 10.0 Å². The van der Waals surface area contributed by atoms with Crippen molar-refractivity contribution in [2.24, 2.45) is 0 Å². The lowest BCUT2D eigenvalue weighted by Gasteiger charge is -2.02. The molecule has 0 spiro atoms. The van der Waals surface area contributed by atoms with Crippen LogP contribution in [0.4, 0.5) is 0 Å². The molecule has 1 aromatic carbocycles. The van der Waals surface area contributed by atoms with Crippen molar-refractivity contribution in [3.63, 3.8) is 0 Å². The largest absolute Gasteiger partial charge is 0.477 e. The monoisotopic (exact) mass is 339 g/mol. The summed E-state index contributed by atoms with van der Waals surface area (Å²) in [6.45, 7) is 5.92. The van der Waals surface area contributed by atoms with Gasteiger partial charge in [0.25, 0.3) is 0 Å². The zero-order valence-electron chi connectivity index (χ0n) is 10.9. The summed E-state index contributed by atoms with van der Waals surface area (Å²) in [4.78, 5) is 16.1. The van der Waals surface area contributed by atoms with Crippen molar-refractivity contribution in [3.8, 4) is 10.6 Å². The highest BCUT2D eigenvalue weighted by Crippen LogP contribution is 2.35. The molecule has 0 amide bonds. The Bertz CT molecular complexity index is 634. The van der Waals surface area contributed by atoms with Gasteiger partial charge in [-0.05, 0) is 24.5 Å².